The lowest BCUT2D eigenvalue weighted by Crippen LogP contribution is -2.37. The molecule has 3 heterocycles. The summed E-state index contributed by atoms with van der Waals surface area (Å²) in [7, 11) is 4.70. The Kier molecular flexibility index (Phi) is 5.60. The smallest absolute Gasteiger partial charge is 0.332 e. The minimum absolute atomic E-state index is 0.145. The highest BCUT2D eigenvalue weighted by molar-refractivity contribution is 6.12. The van der Waals surface area contributed by atoms with E-state index in [9.17, 15) is 14.4 Å². The minimum atomic E-state index is -0.458. The average Bonchev–Trinajstić information content (AvgIpc) is 3.29. The molecule has 0 unspecified atom stereocenters. The number of anilines is 1. The molecule has 212 valence electrons. The number of ketones is 1. The van der Waals surface area contributed by atoms with Gasteiger partial charge in [0.05, 0.1) is 6.04 Å². The van der Waals surface area contributed by atoms with Crippen LogP contribution in [-0.4, -0.2) is 24.5 Å². The predicted molar refractivity (Wildman–Crippen MR) is 163 cm³/mol. The lowest BCUT2D eigenvalue weighted by atomic mass is 9.68. The standard InChI is InChI=1S/C33H31N5O4/c1-33(2)16-22-25-21-12-7-6-9-18(21)13-14-23(25)34-27(26(22)24(39)17-33)19-10-8-11-20(15-19)42-31-35-29-28(36(31)3)30(40)38(5)32(41)37(29)4/h6-15,27,34H,16-17H2,1-5H3/t27-/m0/s1. The van der Waals surface area contributed by atoms with Crippen LogP contribution >= 0.6 is 0 Å². The predicted octanol–water partition coefficient (Wildman–Crippen LogP) is 5.23. The fraction of sp³-hybridized carbons (Fsp3) is 0.273. The monoisotopic (exact) mass is 561 g/mol. The van der Waals surface area contributed by atoms with Gasteiger partial charge in [-0.3, -0.25) is 23.3 Å². The van der Waals surface area contributed by atoms with E-state index >= 15 is 0 Å². The van der Waals surface area contributed by atoms with Gasteiger partial charge in [0.25, 0.3) is 5.56 Å². The van der Waals surface area contributed by atoms with Gasteiger partial charge in [-0.15, -0.1) is 0 Å². The molecule has 2 aromatic heterocycles. The quantitative estimate of drug-likeness (QED) is 0.324. The number of hydrogen-bond acceptors (Lipinski definition) is 6. The molecule has 0 radical (unpaired) electrons. The summed E-state index contributed by atoms with van der Waals surface area (Å²) < 4.78 is 10.1. The van der Waals surface area contributed by atoms with Crippen molar-refractivity contribution in [2.24, 2.45) is 26.6 Å². The number of carbonyl (C=O) groups is 1. The summed E-state index contributed by atoms with van der Waals surface area (Å²) in [6.45, 7) is 4.32. The highest BCUT2D eigenvalue weighted by Gasteiger charge is 2.41. The van der Waals surface area contributed by atoms with Gasteiger partial charge in [-0.25, -0.2) is 4.79 Å². The Balaban J connectivity index is 1.34. The number of benzene rings is 3. The van der Waals surface area contributed by atoms with Crippen molar-refractivity contribution in [3.63, 3.8) is 0 Å². The molecule has 5 aromatic rings. The highest BCUT2D eigenvalue weighted by atomic mass is 16.5. The van der Waals surface area contributed by atoms with Crippen LogP contribution in [0.25, 0.3) is 27.5 Å². The first kappa shape index (κ1) is 26.0. The fourth-order valence-electron chi connectivity index (χ4n) is 6.54. The Morgan fingerprint density at radius 2 is 1.69 bits per heavy atom. The first-order chi connectivity index (χ1) is 20.0. The van der Waals surface area contributed by atoms with Gasteiger partial charge in [-0.05, 0) is 51.9 Å². The molecule has 1 aliphatic carbocycles. The van der Waals surface area contributed by atoms with Crippen LogP contribution in [-0.2, 0) is 25.9 Å². The Morgan fingerprint density at radius 3 is 2.50 bits per heavy atom. The van der Waals surface area contributed by atoms with Crippen molar-refractivity contribution in [3.8, 4) is 11.8 Å². The van der Waals surface area contributed by atoms with Crippen LogP contribution in [0.4, 0.5) is 5.69 Å². The average molecular weight is 562 g/mol. The third-order valence-electron chi connectivity index (χ3n) is 8.57. The SMILES string of the molecule is Cn1c(=O)c2c(nc(Oc3cccc([C@@H]4Nc5ccc6ccccc6c5C5=C4C(=O)CC(C)(C)C5)c3)n2C)n(C)c1=O. The summed E-state index contributed by atoms with van der Waals surface area (Å²) >= 11 is 0. The van der Waals surface area contributed by atoms with Gasteiger partial charge in [0.15, 0.2) is 16.9 Å². The first-order valence-corrected chi connectivity index (χ1v) is 14.0. The van der Waals surface area contributed by atoms with Gasteiger partial charge in [0.1, 0.15) is 5.75 Å². The van der Waals surface area contributed by atoms with Crippen LogP contribution in [0.2, 0.25) is 0 Å². The van der Waals surface area contributed by atoms with Gasteiger partial charge in [0, 0.05) is 44.4 Å². The van der Waals surface area contributed by atoms with E-state index < -0.39 is 11.2 Å². The van der Waals surface area contributed by atoms with E-state index in [-0.39, 0.29) is 34.4 Å². The number of ether oxygens (including phenoxy) is 1. The largest absolute Gasteiger partial charge is 0.425 e. The van der Waals surface area contributed by atoms with Crippen LogP contribution < -0.4 is 21.3 Å². The third-order valence-corrected chi connectivity index (χ3v) is 8.57. The molecule has 1 atom stereocenters. The second-order valence-corrected chi connectivity index (χ2v) is 12.1. The van der Waals surface area contributed by atoms with Crippen LogP contribution in [0.5, 0.6) is 11.8 Å². The van der Waals surface area contributed by atoms with Crippen LogP contribution in [0.1, 0.15) is 43.9 Å². The number of Topliss-reactive ketones (excluding diaryl/α,β-unsaturated/α-hetero) is 1. The second-order valence-electron chi connectivity index (χ2n) is 12.1. The maximum absolute atomic E-state index is 13.8. The Hall–Kier alpha value is -4.92. The molecule has 0 saturated carbocycles. The van der Waals surface area contributed by atoms with Crippen molar-refractivity contribution in [2.45, 2.75) is 32.7 Å². The van der Waals surface area contributed by atoms with E-state index in [0.29, 0.717) is 12.2 Å². The zero-order valence-corrected chi connectivity index (χ0v) is 24.2. The molecule has 0 bridgehead atoms. The lowest BCUT2D eigenvalue weighted by Gasteiger charge is -2.40. The number of nitrogens with zero attached hydrogens (tertiary/aromatic N) is 4. The van der Waals surface area contributed by atoms with Crippen molar-refractivity contribution in [2.75, 3.05) is 5.32 Å². The number of fused-ring (bicyclic) bond motifs is 5. The molecule has 9 nitrogen and oxygen atoms in total. The first-order valence-electron chi connectivity index (χ1n) is 14.0. The van der Waals surface area contributed by atoms with Crippen LogP contribution in [0.15, 0.2) is 75.8 Å². The number of aromatic nitrogens is 4. The summed E-state index contributed by atoms with van der Waals surface area (Å²) in [5.74, 6) is 0.653. The van der Waals surface area contributed by atoms with E-state index in [1.807, 2.05) is 36.4 Å². The van der Waals surface area contributed by atoms with E-state index in [4.69, 9.17) is 4.74 Å². The molecule has 42 heavy (non-hydrogen) atoms. The van der Waals surface area contributed by atoms with Crippen molar-refractivity contribution in [1.29, 1.82) is 0 Å². The topological polar surface area (TPSA) is 100 Å². The van der Waals surface area contributed by atoms with E-state index in [2.05, 4.69) is 48.4 Å². The molecule has 0 spiro atoms. The van der Waals surface area contributed by atoms with Gasteiger partial charge >= 0.3 is 11.7 Å². The Morgan fingerprint density at radius 1 is 0.905 bits per heavy atom. The normalized spacial score (nSPS) is 17.7. The molecule has 0 fully saturated rings. The molecular weight excluding hydrogens is 530 g/mol. The number of rotatable bonds is 3. The summed E-state index contributed by atoms with van der Waals surface area (Å²) in [5, 5.41) is 5.96. The third kappa shape index (κ3) is 3.83. The van der Waals surface area contributed by atoms with E-state index in [1.54, 1.807) is 18.7 Å². The summed E-state index contributed by atoms with van der Waals surface area (Å²) in [6.07, 6.45) is 1.28. The molecule has 7 rings (SSSR count). The Bertz CT molecular complexity index is 2130. The fourth-order valence-corrected chi connectivity index (χ4v) is 6.54. The van der Waals surface area contributed by atoms with Gasteiger partial charge < -0.3 is 10.1 Å². The van der Waals surface area contributed by atoms with Gasteiger partial charge in [-0.2, -0.15) is 4.98 Å². The van der Waals surface area contributed by atoms with Crippen molar-refractivity contribution in [3.05, 3.63) is 98.2 Å². The number of hydrogen-bond donors (Lipinski definition) is 1. The van der Waals surface area contributed by atoms with Crippen LogP contribution in [0.3, 0.4) is 0 Å². The molecule has 0 saturated heterocycles. The van der Waals surface area contributed by atoms with Crippen molar-refractivity contribution >= 4 is 39.0 Å². The molecule has 3 aromatic carbocycles. The number of allylic oxidation sites excluding steroid dienone is 1. The van der Waals surface area contributed by atoms with Crippen molar-refractivity contribution < 1.29 is 9.53 Å². The zero-order valence-electron chi connectivity index (χ0n) is 24.2. The lowest BCUT2D eigenvalue weighted by molar-refractivity contribution is -0.118. The number of carbonyl (C=O) groups excluding carboxylic acids is 1. The molecule has 1 N–H and O–H groups in total. The van der Waals surface area contributed by atoms with Crippen molar-refractivity contribution in [1.82, 2.24) is 18.7 Å². The second kappa shape index (κ2) is 9.04. The number of nitrogens with one attached hydrogen (secondary N) is 1. The molecular formula is C33H31N5O4. The van der Waals surface area contributed by atoms with Gasteiger partial charge in [0.2, 0.25) is 0 Å². The van der Waals surface area contributed by atoms with E-state index in [0.717, 1.165) is 49.7 Å². The summed E-state index contributed by atoms with van der Waals surface area (Å²) in [4.78, 5) is 43.6. The Labute approximate surface area is 241 Å². The molecule has 0 amide bonds. The van der Waals surface area contributed by atoms with E-state index in [1.165, 1.54) is 11.6 Å². The highest BCUT2D eigenvalue weighted by Crippen LogP contribution is 2.52. The number of aryl methyl sites for hydroxylation is 2. The maximum atomic E-state index is 13.8. The summed E-state index contributed by atoms with van der Waals surface area (Å²) in [6, 6.07) is 19.9. The number of imidazole rings is 1. The van der Waals surface area contributed by atoms with Crippen LogP contribution in [0, 0.1) is 5.41 Å². The summed E-state index contributed by atoms with van der Waals surface area (Å²) in [5.41, 5.74) is 4.38. The zero-order chi connectivity index (χ0) is 29.5. The molecule has 1 aliphatic heterocycles. The molecule has 9 heteroatoms. The van der Waals surface area contributed by atoms with Gasteiger partial charge in [-0.1, -0.05) is 56.3 Å². The minimum Gasteiger partial charge on any atom is -0.425 e. The molecule has 2 aliphatic rings. The maximum Gasteiger partial charge on any atom is 0.332 e.